The molecular weight excluding hydrogens is 769 g/mol. The lowest BCUT2D eigenvalue weighted by Gasteiger charge is -2.18. The molecule has 59 heavy (non-hydrogen) atoms. The first-order valence-electron chi connectivity index (χ1n) is 23.5. The van der Waals surface area contributed by atoms with Gasteiger partial charge in [0.05, 0.1) is 13.2 Å². The molecule has 0 aliphatic rings. The van der Waals surface area contributed by atoms with Gasteiger partial charge < -0.3 is 25.2 Å². The van der Waals surface area contributed by atoms with Crippen molar-refractivity contribution in [3.8, 4) is 0 Å². The highest BCUT2D eigenvalue weighted by Gasteiger charge is 2.28. The Morgan fingerprint density at radius 2 is 0.949 bits per heavy atom. The summed E-state index contributed by atoms with van der Waals surface area (Å²) >= 11 is 0. The Morgan fingerprint density at radius 1 is 0.542 bits per heavy atom. The molecule has 0 spiro atoms. The van der Waals surface area contributed by atoms with Crippen molar-refractivity contribution in [2.24, 2.45) is 0 Å². The maximum atomic E-state index is 12.3. The number of carboxylic acid groups (broad SMARTS) is 1. The molecule has 12 heteroatoms. The zero-order chi connectivity index (χ0) is 43.5. The third kappa shape index (κ3) is 42.2. The van der Waals surface area contributed by atoms with Crippen molar-refractivity contribution in [1.29, 1.82) is 0 Å². The van der Waals surface area contributed by atoms with E-state index in [9.17, 15) is 34.1 Å². The van der Waals surface area contributed by atoms with Gasteiger partial charge in [0.25, 0.3) is 0 Å². The maximum Gasteiger partial charge on any atom is 0.472 e. The summed E-state index contributed by atoms with van der Waals surface area (Å²) in [6, 6.07) is -1.55. The Morgan fingerprint density at radius 3 is 1.44 bits per heavy atom. The number of hydrogen-bond donors (Lipinski definition) is 4. The Bertz CT molecular complexity index is 1140. The largest absolute Gasteiger partial charge is 0.480 e. The number of nitrogens with one attached hydrogen (secondary N) is 1. The van der Waals surface area contributed by atoms with E-state index in [0.29, 0.717) is 12.8 Å². The number of phosphoric ester groups is 1. The van der Waals surface area contributed by atoms with Gasteiger partial charge in [0, 0.05) is 12.8 Å². The van der Waals surface area contributed by atoms with Crippen molar-refractivity contribution in [2.75, 3.05) is 19.8 Å². The summed E-state index contributed by atoms with van der Waals surface area (Å²) in [5.41, 5.74) is 0. The number of carbonyl (C=O) groups is 3. The number of ether oxygens (including phenoxy) is 1. The number of rotatable bonds is 44. The van der Waals surface area contributed by atoms with Gasteiger partial charge in [-0.25, -0.2) is 9.36 Å². The molecule has 0 rings (SSSR count). The summed E-state index contributed by atoms with van der Waals surface area (Å²) in [5, 5.41) is 21.9. The number of phosphoric acid groups is 1. The summed E-state index contributed by atoms with van der Waals surface area (Å²) in [4.78, 5) is 46.0. The highest BCUT2D eigenvalue weighted by molar-refractivity contribution is 7.47. The number of unbranched alkanes of at least 4 members (excludes halogenated alkanes) is 24. The summed E-state index contributed by atoms with van der Waals surface area (Å²) in [6.45, 7) is 2.55. The second kappa shape index (κ2) is 42.4. The van der Waals surface area contributed by atoms with E-state index in [4.69, 9.17) is 13.8 Å². The molecule has 0 heterocycles. The molecule has 0 aromatic carbocycles. The third-order valence-electron chi connectivity index (χ3n) is 10.2. The molecule has 0 fully saturated rings. The van der Waals surface area contributed by atoms with Crippen LogP contribution in [-0.2, 0) is 32.7 Å². The molecule has 11 nitrogen and oxygen atoms in total. The first-order chi connectivity index (χ1) is 28.6. The highest BCUT2D eigenvalue weighted by atomic mass is 31.2. The Kier molecular flexibility index (Phi) is 40.7. The van der Waals surface area contributed by atoms with Gasteiger partial charge in [-0.05, 0) is 64.2 Å². The van der Waals surface area contributed by atoms with E-state index in [0.717, 1.165) is 64.2 Å². The average Bonchev–Trinajstić information content (AvgIpc) is 3.21. The number of allylic oxidation sites excluding steroid dienone is 6. The zero-order valence-corrected chi connectivity index (χ0v) is 38.2. The summed E-state index contributed by atoms with van der Waals surface area (Å²) < 4.78 is 26.9. The normalized spacial score (nSPS) is 14.0. The predicted octanol–water partition coefficient (Wildman–Crippen LogP) is 12.4. The second-order valence-electron chi connectivity index (χ2n) is 15.9. The number of hydrogen-bond acceptors (Lipinski definition) is 8. The van der Waals surface area contributed by atoms with E-state index in [1.807, 2.05) is 0 Å². The van der Waals surface area contributed by atoms with Crippen LogP contribution >= 0.6 is 7.82 Å². The number of amides is 1. The number of aliphatic carboxylic acids is 1. The minimum Gasteiger partial charge on any atom is -0.480 e. The van der Waals surface area contributed by atoms with Crippen LogP contribution in [0.1, 0.15) is 213 Å². The molecule has 1 amide bonds. The first kappa shape index (κ1) is 56.7. The van der Waals surface area contributed by atoms with E-state index in [1.54, 1.807) is 0 Å². The molecule has 0 aromatic heterocycles. The van der Waals surface area contributed by atoms with Crippen molar-refractivity contribution in [3.05, 3.63) is 36.5 Å². The number of carbonyl (C=O) groups excluding carboxylic acids is 2. The van der Waals surface area contributed by atoms with E-state index in [1.165, 1.54) is 109 Å². The molecule has 0 aromatic rings. The molecule has 3 atom stereocenters. The van der Waals surface area contributed by atoms with Crippen molar-refractivity contribution in [1.82, 2.24) is 5.32 Å². The highest BCUT2D eigenvalue weighted by Crippen LogP contribution is 2.43. The molecule has 0 aliphatic carbocycles. The van der Waals surface area contributed by atoms with Gasteiger partial charge in [-0.2, -0.15) is 0 Å². The van der Waals surface area contributed by atoms with Crippen LogP contribution in [0.4, 0.5) is 0 Å². The van der Waals surface area contributed by atoms with Crippen LogP contribution in [0.15, 0.2) is 36.5 Å². The van der Waals surface area contributed by atoms with Crippen molar-refractivity contribution < 1.29 is 47.8 Å². The van der Waals surface area contributed by atoms with Crippen LogP contribution in [-0.4, -0.2) is 64.9 Å². The number of esters is 1. The van der Waals surface area contributed by atoms with Gasteiger partial charge in [0.15, 0.2) is 6.04 Å². The molecule has 0 aliphatic heterocycles. The molecule has 0 bridgehead atoms. The Hall–Kier alpha value is -2.30. The molecule has 0 saturated carbocycles. The predicted molar refractivity (Wildman–Crippen MR) is 240 cm³/mol. The SMILES string of the molecule is CCCC/C=C\C/C=C\CCCCCCCC(=O)OCC(O)COP(=O)(O)OCC(NC(=O)CCCCCCCCCCCCC/C=C/CCCCCCCC)C(=O)O. The van der Waals surface area contributed by atoms with Crippen LogP contribution in [0, 0.1) is 0 Å². The first-order valence-corrected chi connectivity index (χ1v) is 25.0. The van der Waals surface area contributed by atoms with E-state index in [-0.39, 0.29) is 12.8 Å². The molecule has 0 radical (unpaired) electrons. The number of aliphatic hydroxyl groups excluding tert-OH is 1. The molecule has 344 valence electrons. The summed E-state index contributed by atoms with van der Waals surface area (Å²) in [6.07, 6.45) is 45.9. The van der Waals surface area contributed by atoms with Crippen LogP contribution < -0.4 is 5.32 Å². The van der Waals surface area contributed by atoms with Crippen LogP contribution in [0.2, 0.25) is 0 Å². The van der Waals surface area contributed by atoms with Gasteiger partial charge >= 0.3 is 19.8 Å². The van der Waals surface area contributed by atoms with Crippen LogP contribution in [0.25, 0.3) is 0 Å². The van der Waals surface area contributed by atoms with Crippen molar-refractivity contribution >= 4 is 25.7 Å². The zero-order valence-electron chi connectivity index (χ0n) is 37.3. The minimum atomic E-state index is -4.76. The fourth-order valence-electron chi connectivity index (χ4n) is 6.44. The topological polar surface area (TPSA) is 169 Å². The van der Waals surface area contributed by atoms with Gasteiger partial charge in [-0.1, -0.05) is 172 Å². The van der Waals surface area contributed by atoms with E-state index >= 15 is 0 Å². The van der Waals surface area contributed by atoms with Crippen LogP contribution in [0.3, 0.4) is 0 Å². The molecule has 0 saturated heterocycles. The minimum absolute atomic E-state index is 0.145. The summed E-state index contributed by atoms with van der Waals surface area (Å²) in [7, 11) is -4.76. The smallest absolute Gasteiger partial charge is 0.472 e. The van der Waals surface area contributed by atoms with E-state index < -0.39 is 57.6 Å². The number of carboxylic acids is 1. The quantitative estimate of drug-likeness (QED) is 0.0200. The van der Waals surface area contributed by atoms with Crippen molar-refractivity contribution in [3.63, 3.8) is 0 Å². The monoisotopic (exact) mass is 856 g/mol. The molecular formula is C47H86NO10P. The van der Waals surface area contributed by atoms with Gasteiger partial charge in [0.2, 0.25) is 5.91 Å². The Labute approximate surface area is 359 Å². The lowest BCUT2D eigenvalue weighted by Crippen LogP contribution is -2.43. The molecule has 4 N–H and O–H groups in total. The fraction of sp³-hybridized carbons (Fsp3) is 0.809. The Balaban J connectivity index is 3.87. The second-order valence-corrected chi connectivity index (χ2v) is 17.4. The van der Waals surface area contributed by atoms with Crippen molar-refractivity contribution in [2.45, 2.75) is 225 Å². The standard InChI is InChI=1S/C47H86NO10P/c1-3-5-7-9-11-13-15-17-19-20-21-22-23-24-25-26-28-30-32-34-36-38-45(50)48-44(47(52)53)42-58-59(54,55)57-41-43(49)40-56-46(51)39-37-35-33-31-29-27-18-16-14-12-10-8-6-4-2/h10,12,16-19,43-44,49H,3-9,11,13-15,20-42H2,1-2H3,(H,48,50)(H,52,53)(H,54,55)/b12-10-,18-16-,19-17+. The van der Waals surface area contributed by atoms with E-state index in [2.05, 4.69) is 55.6 Å². The summed E-state index contributed by atoms with van der Waals surface area (Å²) in [5.74, 6) is -2.38. The van der Waals surface area contributed by atoms with Crippen LogP contribution in [0.5, 0.6) is 0 Å². The molecule has 3 unspecified atom stereocenters. The van der Waals surface area contributed by atoms with Gasteiger partial charge in [0.1, 0.15) is 12.7 Å². The number of aliphatic hydroxyl groups is 1. The lowest BCUT2D eigenvalue weighted by molar-refractivity contribution is -0.147. The lowest BCUT2D eigenvalue weighted by atomic mass is 10.0. The average molecular weight is 856 g/mol. The van der Waals surface area contributed by atoms with Gasteiger partial charge in [-0.3, -0.25) is 18.6 Å². The fourth-order valence-corrected chi connectivity index (χ4v) is 7.22. The van der Waals surface area contributed by atoms with Gasteiger partial charge in [-0.15, -0.1) is 0 Å². The maximum absolute atomic E-state index is 12.3. The third-order valence-corrected chi connectivity index (χ3v) is 11.1.